The summed E-state index contributed by atoms with van der Waals surface area (Å²) in [7, 11) is -4.27. The van der Waals surface area contributed by atoms with Crippen LogP contribution in [0.2, 0.25) is 5.02 Å². The van der Waals surface area contributed by atoms with Crippen molar-refractivity contribution in [1.29, 1.82) is 0 Å². The number of nitrogens with zero attached hydrogens (tertiary/aromatic N) is 1. The number of hydrogen-bond acceptors (Lipinski definition) is 5. The van der Waals surface area contributed by atoms with Crippen molar-refractivity contribution in [3.8, 4) is 11.1 Å². The van der Waals surface area contributed by atoms with Gasteiger partial charge in [0.2, 0.25) is 0 Å². The van der Waals surface area contributed by atoms with Crippen LogP contribution in [0.5, 0.6) is 0 Å². The summed E-state index contributed by atoms with van der Waals surface area (Å²) in [6.07, 6.45) is 1.41. The molecule has 5 aromatic rings. The SMILES string of the molecule is C.Cc1ccc(S(=O)(=O)NC(=O)c2c(-c3ccc[nH]c3=O)c3cc(Cl)ccc3n2Cc2ccc(F)cc2F)s1. The van der Waals surface area contributed by atoms with E-state index in [1.807, 2.05) is 0 Å². The summed E-state index contributed by atoms with van der Waals surface area (Å²) in [5, 5.41) is 0.663. The van der Waals surface area contributed by atoms with Gasteiger partial charge in [-0.15, -0.1) is 11.3 Å². The normalized spacial score (nSPS) is 11.4. The Bertz CT molecular complexity index is 1890. The number of hydrogen-bond donors (Lipinski definition) is 2. The molecule has 1 amide bonds. The van der Waals surface area contributed by atoms with Crippen molar-refractivity contribution >= 4 is 49.8 Å². The van der Waals surface area contributed by atoms with E-state index in [4.69, 9.17) is 11.6 Å². The van der Waals surface area contributed by atoms with Gasteiger partial charge in [-0.25, -0.2) is 21.9 Å². The molecule has 0 aliphatic carbocycles. The van der Waals surface area contributed by atoms with Crippen LogP contribution in [-0.2, 0) is 16.6 Å². The van der Waals surface area contributed by atoms with Gasteiger partial charge in [0.15, 0.2) is 0 Å². The van der Waals surface area contributed by atoms with E-state index in [2.05, 4.69) is 9.71 Å². The monoisotopic (exact) mass is 589 g/mol. The molecule has 0 atom stereocenters. The summed E-state index contributed by atoms with van der Waals surface area (Å²) in [5.74, 6) is -2.67. The second kappa shape index (κ2) is 10.8. The number of H-pyrrole nitrogens is 1. The van der Waals surface area contributed by atoms with E-state index >= 15 is 0 Å². The van der Waals surface area contributed by atoms with E-state index < -0.39 is 33.1 Å². The first-order valence-corrected chi connectivity index (χ1v) is 13.8. The Morgan fingerprint density at radius 1 is 1.10 bits per heavy atom. The second-order valence-electron chi connectivity index (χ2n) is 8.42. The smallest absolute Gasteiger partial charge is 0.282 e. The number of thiophene rings is 1. The number of halogens is 3. The van der Waals surface area contributed by atoms with Crippen LogP contribution in [0.1, 0.15) is 28.4 Å². The molecule has 0 fully saturated rings. The maximum atomic E-state index is 14.7. The molecule has 12 heteroatoms. The van der Waals surface area contributed by atoms with Crippen LogP contribution < -0.4 is 10.3 Å². The van der Waals surface area contributed by atoms with Gasteiger partial charge in [-0.05, 0) is 55.5 Å². The molecule has 3 aromatic heterocycles. The number of sulfonamides is 1. The fraction of sp³-hybridized carbons (Fsp3) is 0.111. The van der Waals surface area contributed by atoms with E-state index in [1.54, 1.807) is 31.2 Å². The molecule has 0 aliphatic rings. The third-order valence-electron chi connectivity index (χ3n) is 5.88. The molecule has 39 heavy (non-hydrogen) atoms. The molecule has 0 aliphatic heterocycles. The molecular weight excluding hydrogens is 568 g/mol. The lowest BCUT2D eigenvalue weighted by Crippen LogP contribution is -2.32. The maximum absolute atomic E-state index is 14.7. The number of nitrogens with one attached hydrogen (secondary N) is 2. The number of rotatable bonds is 6. The molecule has 0 unspecified atom stereocenters. The Kier molecular flexibility index (Phi) is 7.78. The third-order valence-corrected chi connectivity index (χ3v) is 8.94. The number of fused-ring (bicyclic) bond motifs is 1. The Hall–Kier alpha value is -3.80. The van der Waals surface area contributed by atoms with Crippen molar-refractivity contribution in [2.24, 2.45) is 0 Å². The molecule has 7 nitrogen and oxygen atoms in total. The van der Waals surface area contributed by atoms with Crippen LogP contribution in [-0.4, -0.2) is 23.9 Å². The van der Waals surface area contributed by atoms with Gasteiger partial charge in [0.1, 0.15) is 21.5 Å². The van der Waals surface area contributed by atoms with Gasteiger partial charge in [-0.1, -0.05) is 25.1 Å². The molecule has 2 N–H and O–H groups in total. The van der Waals surface area contributed by atoms with Crippen LogP contribution in [0.15, 0.2) is 75.9 Å². The number of aryl methyl sites for hydroxylation is 1. The van der Waals surface area contributed by atoms with Gasteiger partial charge in [0.25, 0.3) is 21.5 Å². The molecule has 0 saturated carbocycles. The Labute approximate surface area is 231 Å². The molecule has 0 bridgehead atoms. The van der Waals surface area contributed by atoms with Crippen LogP contribution in [0.3, 0.4) is 0 Å². The quantitative estimate of drug-likeness (QED) is 0.250. The van der Waals surface area contributed by atoms with Crippen molar-refractivity contribution < 1.29 is 22.0 Å². The predicted molar refractivity (Wildman–Crippen MR) is 149 cm³/mol. The standard InChI is InChI=1S/C26H18ClF2N3O4S2.CH4/c1-14-4-9-22(37-14)38(35,36)31-26(34)24-23(18-3-2-10-30-25(18)33)19-11-16(27)6-8-21(19)32(24)13-15-5-7-17(28)12-20(15)29;/h2-12H,13H2,1H3,(H,30,33)(H,31,34);1H4. The van der Waals surface area contributed by atoms with Crippen LogP contribution >= 0.6 is 22.9 Å². The lowest BCUT2D eigenvalue weighted by atomic mass is 10.0. The number of aromatic nitrogens is 2. The summed E-state index contributed by atoms with van der Waals surface area (Å²) in [6, 6.07) is 13.7. The molecule has 0 radical (unpaired) electrons. The number of aromatic amines is 1. The zero-order valence-corrected chi connectivity index (χ0v) is 22.0. The number of amides is 1. The van der Waals surface area contributed by atoms with Gasteiger partial charge in [-0.2, -0.15) is 0 Å². The van der Waals surface area contributed by atoms with E-state index in [1.165, 1.54) is 35.0 Å². The largest absolute Gasteiger partial charge is 0.331 e. The fourth-order valence-corrected chi connectivity index (χ4v) is 6.62. The van der Waals surface area contributed by atoms with Crippen LogP contribution in [0, 0.1) is 18.6 Å². The first-order valence-electron chi connectivity index (χ1n) is 11.1. The summed E-state index contributed by atoms with van der Waals surface area (Å²) in [6.45, 7) is 1.46. The summed E-state index contributed by atoms with van der Waals surface area (Å²) in [5.41, 5.74) is -0.136. The first kappa shape index (κ1) is 28.2. The fourth-order valence-electron chi connectivity index (χ4n) is 4.22. The molecular formula is C27H22ClF2N3O4S2. The summed E-state index contributed by atoms with van der Waals surface area (Å²) >= 11 is 7.24. The summed E-state index contributed by atoms with van der Waals surface area (Å²) < 4.78 is 57.8. The number of carbonyl (C=O) groups excluding carboxylic acids is 1. The highest BCUT2D eigenvalue weighted by atomic mass is 35.5. The average Bonchev–Trinajstić information content (AvgIpc) is 3.43. The highest BCUT2D eigenvalue weighted by Crippen LogP contribution is 2.36. The predicted octanol–water partition coefficient (Wildman–Crippen LogP) is 6.10. The van der Waals surface area contributed by atoms with Crippen molar-refractivity contribution in [1.82, 2.24) is 14.3 Å². The Balaban J connectivity index is 0.00000353. The minimum Gasteiger partial charge on any atom is -0.331 e. The van der Waals surface area contributed by atoms with Gasteiger partial charge in [-0.3, -0.25) is 9.59 Å². The maximum Gasteiger partial charge on any atom is 0.282 e. The van der Waals surface area contributed by atoms with E-state index in [9.17, 15) is 26.8 Å². The molecule has 0 saturated heterocycles. The minimum absolute atomic E-state index is 0. The van der Waals surface area contributed by atoms with Crippen LogP contribution in [0.4, 0.5) is 8.78 Å². The highest BCUT2D eigenvalue weighted by Gasteiger charge is 2.29. The van der Waals surface area contributed by atoms with Crippen molar-refractivity contribution in [3.05, 3.63) is 110 Å². The lowest BCUT2D eigenvalue weighted by Gasteiger charge is -2.13. The zero-order chi connectivity index (χ0) is 27.2. The molecule has 0 spiro atoms. The van der Waals surface area contributed by atoms with Crippen molar-refractivity contribution in [2.75, 3.05) is 0 Å². The molecule has 2 aromatic carbocycles. The Morgan fingerprint density at radius 2 is 1.87 bits per heavy atom. The summed E-state index contributed by atoms with van der Waals surface area (Å²) in [4.78, 5) is 29.9. The molecule has 202 valence electrons. The third kappa shape index (κ3) is 5.38. The number of pyridine rings is 1. The topological polar surface area (TPSA) is 101 Å². The minimum atomic E-state index is -4.27. The van der Waals surface area contributed by atoms with Gasteiger partial charge in [0.05, 0.1) is 6.54 Å². The molecule has 5 rings (SSSR count). The first-order chi connectivity index (χ1) is 18.0. The molecule has 3 heterocycles. The van der Waals surface area contributed by atoms with Gasteiger partial charge >= 0.3 is 0 Å². The number of carbonyl (C=O) groups is 1. The van der Waals surface area contributed by atoms with E-state index in [-0.39, 0.29) is 40.6 Å². The van der Waals surface area contributed by atoms with Gasteiger partial charge in [0, 0.05) is 49.8 Å². The van der Waals surface area contributed by atoms with Crippen LogP contribution in [0.25, 0.3) is 22.0 Å². The van der Waals surface area contributed by atoms with E-state index in [0.717, 1.165) is 22.3 Å². The average molecular weight is 590 g/mol. The Morgan fingerprint density at radius 3 is 2.54 bits per heavy atom. The van der Waals surface area contributed by atoms with E-state index in [0.29, 0.717) is 22.0 Å². The van der Waals surface area contributed by atoms with Crippen molar-refractivity contribution in [2.45, 2.75) is 25.1 Å². The van der Waals surface area contributed by atoms with Crippen molar-refractivity contribution in [3.63, 3.8) is 0 Å². The zero-order valence-electron chi connectivity index (χ0n) is 19.6. The second-order valence-corrected chi connectivity index (χ2v) is 12.1. The van der Waals surface area contributed by atoms with Gasteiger partial charge < -0.3 is 9.55 Å². The number of benzene rings is 2. The lowest BCUT2D eigenvalue weighted by molar-refractivity contribution is 0.0974. The highest BCUT2D eigenvalue weighted by molar-refractivity contribution is 7.92.